The molecular formula is C14H25N3O. The summed E-state index contributed by atoms with van der Waals surface area (Å²) in [7, 11) is 1.90. The van der Waals surface area contributed by atoms with Crippen molar-refractivity contribution in [1.29, 1.82) is 0 Å². The largest absolute Gasteiger partial charge is 0.381 e. The molecule has 1 spiro atoms. The standard InChI is InChI=1S/C14H25N3O/c1-15-13(16-9-12-3-2-4-12)17-7-5-14(10-17)6-8-18-11-14/h12H,2-11H2,1H3,(H,15,16). The Labute approximate surface area is 110 Å². The fourth-order valence-electron chi connectivity index (χ4n) is 3.35. The molecule has 3 fully saturated rings. The molecule has 2 heterocycles. The monoisotopic (exact) mass is 251 g/mol. The van der Waals surface area contributed by atoms with Gasteiger partial charge < -0.3 is 15.0 Å². The van der Waals surface area contributed by atoms with Gasteiger partial charge in [0, 0.05) is 38.7 Å². The summed E-state index contributed by atoms with van der Waals surface area (Å²) < 4.78 is 5.58. The number of nitrogens with zero attached hydrogens (tertiary/aromatic N) is 2. The topological polar surface area (TPSA) is 36.9 Å². The third-order valence-electron chi connectivity index (χ3n) is 4.91. The number of guanidine groups is 1. The Balaban J connectivity index is 1.52. The van der Waals surface area contributed by atoms with Crippen molar-refractivity contribution in [2.45, 2.75) is 32.1 Å². The van der Waals surface area contributed by atoms with Gasteiger partial charge >= 0.3 is 0 Å². The number of nitrogens with one attached hydrogen (secondary N) is 1. The van der Waals surface area contributed by atoms with E-state index in [-0.39, 0.29) is 0 Å². The Bertz CT molecular complexity index is 319. The maximum Gasteiger partial charge on any atom is 0.193 e. The fraction of sp³-hybridized carbons (Fsp3) is 0.929. The molecule has 2 saturated heterocycles. The second-order valence-electron chi connectivity index (χ2n) is 6.20. The third kappa shape index (κ3) is 2.35. The van der Waals surface area contributed by atoms with Crippen molar-refractivity contribution in [1.82, 2.24) is 10.2 Å². The molecule has 0 aromatic heterocycles. The number of likely N-dealkylation sites (tertiary alicyclic amines) is 1. The Kier molecular flexibility index (Phi) is 3.46. The molecule has 4 heteroatoms. The van der Waals surface area contributed by atoms with Gasteiger partial charge in [-0.25, -0.2) is 0 Å². The zero-order valence-electron chi connectivity index (χ0n) is 11.5. The highest BCUT2D eigenvalue weighted by atomic mass is 16.5. The van der Waals surface area contributed by atoms with Crippen LogP contribution in [0.2, 0.25) is 0 Å². The number of aliphatic imine (C=N–C) groups is 1. The van der Waals surface area contributed by atoms with Crippen LogP contribution in [-0.4, -0.2) is 50.8 Å². The van der Waals surface area contributed by atoms with Crippen LogP contribution in [0.3, 0.4) is 0 Å². The normalized spacial score (nSPS) is 33.2. The van der Waals surface area contributed by atoms with E-state index in [0.29, 0.717) is 5.41 Å². The van der Waals surface area contributed by atoms with Gasteiger partial charge in [0.05, 0.1) is 6.61 Å². The highest BCUT2D eigenvalue weighted by Crippen LogP contribution is 2.38. The van der Waals surface area contributed by atoms with Crippen LogP contribution in [0.1, 0.15) is 32.1 Å². The molecule has 1 N–H and O–H groups in total. The minimum Gasteiger partial charge on any atom is -0.381 e. The fourth-order valence-corrected chi connectivity index (χ4v) is 3.35. The first-order valence-corrected chi connectivity index (χ1v) is 7.35. The molecule has 0 radical (unpaired) electrons. The van der Waals surface area contributed by atoms with Crippen LogP contribution in [0.4, 0.5) is 0 Å². The molecule has 0 amide bonds. The first-order chi connectivity index (χ1) is 8.81. The second kappa shape index (κ2) is 5.08. The minimum atomic E-state index is 0.425. The van der Waals surface area contributed by atoms with Crippen LogP contribution < -0.4 is 5.32 Å². The molecule has 0 bridgehead atoms. The Morgan fingerprint density at radius 3 is 2.94 bits per heavy atom. The SMILES string of the molecule is CN=C(NCC1CCC1)N1CCC2(CCOC2)C1. The highest BCUT2D eigenvalue weighted by molar-refractivity contribution is 5.80. The summed E-state index contributed by atoms with van der Waals surface area (Å²) >= 11 is 0. The average molecular weight is 251 g/mol. The molecular weight excluding hydrogens is 226 g/mol. The van der Waals surface area contributed by atoms with E-state index >= 15 is 0 Å². The van der Waals surface area contributed by atoms with Crippen LogP contribution in [0.15, 0.2) is 4.99 Å². The molecule has 4 nitrogen and oxygen atoms in total. The van der Waals surface area contributed by atoms with E-state index in [0.717, 1.165) is 44.7 Å². The van der Waals surface area contributed by atoms with Crippen molar-refractivity contribution in [2.75, 3.05) is 39.9 Å². The van der Waals surface area contributed by atoms with Crippen molar-refractivity contribution in [3.05, 3.63) is 0 Å². The van der Waals surface area contributed by atoms with E-state index in [4.69, 9.17) is 4.74 Å². The van der Waals surface area contributed by atoms with Gasteiger partial charge in [0.2, 0.25) is 0 Å². The number of ether oxygens (including phenoxy) is 1. The van der Waals surface area contributed by atoms with Crippen molar-refractivity contribution in [3.8, 4) is 0 Å². The van der Waals surface area contributed by atoms with Crippen LogP contribution in [-0.2, 0) is 4.74 Å². The molecule has 1 saturated carbocycles. The zero-order chi connectivity index (χ0) is 12.4. The van der Waals surface area contributed by atoms with E-state index < -0.39 is 0 Å². The number of hydrogen-bond acceptors (Lipinski definition) is 2. The van der Waals surface area contributed by atoms with Crippen molar-refractivity contribution < 1.29 is 4.74 Å². The van der Waals surface area contributed by atoms with Gasteiger partial charge in [-0.2, -0.15) is 0 Å². The molecule has 0 aromatic carbocycles. The van der Waals surface area contributed by atoms with E-state index in [1.54, 1.807) is 0 Å². The summed E-state index contributed by atoms with van der Waals surface area (Å²) in [6.45, 7) is 5.25. The smallest absolute Gasteiger partial charge is 0.193 e. The molecule has 2 aliphatic heterocycles. The van der Waals surface area contributed by atoms with Crippen LogP contribution in [0, 0.1) is 11.3 Å². The van der Waals surface area contributed by atoms with Gasteiger partial charge in [0.15, 0.2) is 5.96 Å². The maximum absolute atomic E-state index is 5.58. The van der Waals surface area contributed by atoms with Gasteiger partial charge in [-0.3, -0.25) is 4.99 Å². The van der Waals surface area contributed by atoms with Gasteiger partial charge in [0.25, 0.3) is 0 Å². The third-order valence-corrected chi connectivity index (χ3v) is 4.91. The maximum atomic E-state index is 5.58. The summed E-state index contributed by atoms with van der Waals surface area (Å²) in [4.78, 5) is 6.87. The summed E-state index contributed by atoms with van der Waals surface area (Å²) in [5.41, 5.74) is 0.425. The average Bonchev–Trinajstić information content (AvgIpc) is 2.94. The van der Waals surface area contributed by atoms with E-state index in [2.05, 4.69) is 15.2 Å². The minimum absolute atomic E-state index is 0.425. The Hall–Kier alpha value is -0.770. The first kappa shape index (κ1) is 12.3. The van der Waals surface area contributed by atoms with Crippen molar-refractivity contribution in [2.24, 2.45) is 16.3 Å². The van der Waals surface area contributed by atoms with E-state index in [9.17, 15) is 0 Å². The summed E-state index contributed by atoms with van der Waals surface area (Å²) in [6, 6.07) is 0. The van der Waals surface area contributed by atoms with Crippen LogP contribution in [0.25, 0.3) is 0 Å². The lowest BCUT2D eigenvalue weighted by atomic mass is 9.85. The number of rotatable bonds is 2. The summed E-state index contributed by atoms with van der Waals surface area (Å²) in [5.74, 6) is 1.99. The predicted octanol–water partition coefficient (Wildman–Crippen LogP) is 1.47. The Morgan fingerprint density at radius 2 is 2.33 bits per heavy atom. The van der Waals surface area contributed by atoms with Crippen LogP contribution in [0.5, 0.6) is 0 Å². The van der Waals surface area contributed by atoms with Gasteiger partial charge in [-0.05, 0) is 31.6 Å². The van der Waals surface area contributed by atoms with E-state index in [1.165, 1.54) is 32.1 Å². The molecule has 102 valence electrons. The molecule has 3 aliphatic rings. The predicted molar refractivity (Wildman–Crippen MR) is 72.8 cm³/mol. The molecule has 1 atom stereocenters. The lowest BCUT2D eigenvalue weighted by Crippen LogP contribution is -2.43. The van der Waals surface area contributed by atoms with Gasteiger partial charge in [-0.1, -0.05) is 6.42 Å². The van der Waals surface area contributed by atoms with E-state index in [1.807, 2.05) is 7.05 Å². The zero-order valence-corrected chi connectivity index (χ0v) is 11.5. The summed E-state index contributed by atoms with van der Waals surface area (Å²) in [5, 5.41) is 3.55. The lowest BCUT2D eigenvalue weighted by molar-refractivity contribution is 0.156. The lowest BCUT2D eigenvalue weighted by Gasteiger charge is -2.29. The molecule has 18 heavy (non-hydrogen) atoms. The highest BCUT2D eigenvalue weighted by Gasteiger charge is 2.42. The Morgan fingerprint density at radius 1 is 1.44 bits per heavy atom. The molecule has 3 rings (SSSR count). The van der Waals surface area contributed by atoms with Crippen LogP contribution >= 0.6 is 0 Å². The first-order valence-electron chi connectivity index (χ1n) is 7.35. The molecule has 0 aromatic rings. The quantitative estimate of drug-likeness (QED) is 0.596. The molecule has 1 unspecified atom stereocenters. The summed E-state index contributed by atoms with van der Waals surface area (Å²) in [6.07, 6.45) is 6.68. The number of hydrogen-bond donors (Lipinski definition) is 1. The van der Waals surface area contributed by atoms with Gasteiger partial charge in [-0.15, -0.1) is 0 Å². The van der Waals surface area contributed by atoms with Gasteiger partial charge in [0.1, 0.15) is 0 Å². The van der Waals surface area contributed by atoms with Crippen molar-refractivity contribution in [3.63, 3.8) is 0 Å². The van der Waals surface area contributed by atoms with Crippen molar-refractivity contribution >= 4 is 5.96 Å². The second-order valence-corrected chi connectivity index (χ2v) is 6.20. The molecule has 1 aliphatic carbocycles.